The number of ether oxygens (including phenoxy) is 6. The van der Waals surface area contributed by atoms with Crippen molar-refractivity contribution in [2.45, 2.75) is 96.1 Å². The van der Waals surface area contributed by atoms with Gasteiger partial charge in [-0.25, -0.2) is 4.79 Å². The largest absolute Gasteiger partial charge is 0.462 e. The lowest BCUT2D eigenvalue weighted by Gasteiger charge is -2.65. The van der Waals surface area contributed by atoms with Crippen LogP contribution in [0.15, 0.2) is 42.5 Å². The summed E-state index contributed by atoms with van der Waals surface area (Å²) in [5.74, 6) is -7.53. The van der Waals surface area contributed by atoms with Crippen LogP contribution < -0.4 is 0 Å². The van der Waals surface area contributed by atoms with Crippen LogP contribution in [0.1, 0.15) is 64.7 Å². The second-order valence-electron chi connectivity index (χ2n) is 13.8. The molecule has 14 heteroatoms. The Hall–Kier alpha value is -4.14. The van der Waals surface area contributed by atoms with Crippen LogP contribution in [0.2, 0.25) is 0 Å². The maximum Gasteiger partial charge on any atom is 0.338 e. The summed E-state index contributed by atoms with van der Waals surface area (Å²) < 4.78 is 35.8. The number of carbonyl (C=O) groups is 6. The number of aliphatic hydroxyl groups is 2. The lowest BCUT2D eigenvalue weighted by atomic mass is 9.43. The molecule has 266 valence electrons. The van der Waals surface area contributed by atoms with Crippen molar-refractivity contribution in [1.82, 2.24) is 0 Å². The molecule has 49 heavy (non-hydrogen) atoms. The van der Waals surface area contributed by atoms with E-state index in [1.165, 1.54) is 19.1 Å². The minimum absolute atomic E-state index is 0.0119. The van der Waals surface area contributed by atoms with Gasteiger partial charge in [0.2, 0.25) is 0 Å². The first-order valence-corrected chi connectivity index (χ1v) is 16.0. The van der Waals surface area contributed by atoms with Crippen LogP contribution in [0.5, 0.6) is 0 Å². The van der Waals surface area contributed by atoms with Crippen LogP contribution in [0.25, 0.3) is 0 Å². The number of hydrogen-bond acceptors (Lipinski definition) is 14. The predicted octanol–water partition coefficient (Wildman–Crippen LogP) is 1.62. The summed E-state index contributed by atoms with van der Waals surface area (Å²) in [6.45, 7) is 10.4. The first-order chi connectivity index (χ1) is 22.8. The van der Waals surface area contributed by atoms with Crippen LogP contribution in [-0.4, -0.2) is 101 Å². The summed E-state index contributed by atoms with van der Waals surface area (Å²) in [5.41, 5.74) is -8.00. The molecule has 0 radical (unpaired) electrons. The van der Waals surface area contributed by atoms with Crippen LogP contribution in [-0.2, 0) is 52.4 Å². The lowest BCUT2D eigenvalue weighted by Crippen LogP contribution is -2.81. The fourth-order valence-corrected chi connectivity index (χ4v) is 8.86. The number of carbonyl (C=O) groups excluding carboxylic acids is 6. The van der Waals surface area contributed by atoms with Gasteiger partial charge in [-0.3, -0.25) is 24.0 Å². The van der Waals surface area contributed by atoms with Crippen molar-refractivity contribution in [3.05, 3.63) is 48.0 Å². The monoisotopic (exact) mass is 686 g/mol. The Morgan fingerprint density at radius 3 is 2.04 bits per heavy atom. The zero-order valence-electron chi connectivity index (χ0n) is 28.3. The van der Waals surface area contributed by atoms with Crippen molar-refractivity contribution in [2.75, 3.05) is 13.2 Å². The topological polar surface area (TPSA) is 198 Å². The van der Waals surface area contributed by atoms with E-state index in [9.17, 15) is 39.0 Å². The third kappa shape index (κ3) is 5.44. The van der Waals surface area contributed by atoms with Gasteiger partial charge in [-0.05, 0) is 24.6 Å². The van der Waals surface area contributed by atoms with Gasteiger partial charge in [-0.1, -0.05) is 31.7 Å². The number of Topliss-reactive ketones (excluding diaryl/α,β-unsaturated/α-hetero) is 1. The molecule has 0 spiro atoms. The third-order valence-electron chi connectivity index (χ3n) is 11.1. The second-order valence-corrected chi connectivity index (χ2v) is 13.8. The molecule has 0 unspecified atom stereocenters. The Labute approximate surface area is 283 Å². The molecule has 4 aliphatic rings. The van der Waals surface area contributed by atoms with Gasteiger partial charge in [0, 0.05) is 57.8 Å². The van der Waals surface area contributed by atoms with Gasteiger partial charge in [0.05, 0.1) is 23.7 Å². The summed E-state index contributed by atoms with van der Waals surface area (Å²) in [5, 5.41) is 24.6. The lowest BCUT2D eigenvalue weighted by molar-refractivity contribution is -0.302. The van der Waals surface area contributed by atoms with E-state index in [4.69, 9.17) is 28.4 Å². The number of benzene rings is 1. The molecule has 0 aromatic heterocycles. The Balaban J connectivity index is 1.91. The standard InChI is InChI=1S/C35H42O14/c1-17-24(40)14-26(46-18(2)36)34(16-44-31(42)22-11-9-8-10-12-22)27(17)28(47-19(3)37)23-13-25(41)33(7)35(43,32(23,6)15-45-33)30(49-21(5)39)29(34)48-20(4)38/h8-12,23-24,26-30,40,43H,1,13-16H2,2-7H3/t23-,24-,26-,27-,28+,29-,30-,32+,33-,34+,35-/m0/s1. The van der Waals surface area contributed by atoms with E-state index in [1.54, 1.807) is 25.1 Å². The first kappa shape index (κ1) is 36.1. The van der Waals surface area contributed by atoms with Crippen molar-refractivity contribution in [3.8, 4) is 0 Å². The summed E-state index contributed by atoms with van der Waals surface area (Å²) in [4.78, 5) is 79.4. The highest BCUT2D eigenvalue weighted by molar-refractivity contribution is 5.91. The number of hydrogen-bond donors (Lipinski definition) is 2. The Bertz CT molecular complexity index is 1570. The summed E-state index contributed by atoms with van der Waals surface area (Å²) in [6, 6.07) is 7.88. The number of ketones is 1. The molecular formula is C35H42O14. The van der Waals surface area contributed by atoms with E-state index < -0.39 is 107 Å². The van der Waals surface area contributed by atoms with E-state index >= 15 is 0 Å². The van der Waals surface area contributed by atoms with Crippen molar-refractivity contribution in [2.24, 2.45) is 22.7 Å². The van der Waals surface area contributed by atoms with Crippen LogP contribution >= 0.6 is 0 Å². The highest BCUT2D eigenvalue weighted by Gasteiger charge is 2.83. The van der Waals surface area contributed by atoms with Crippen molar-refractivity contribution < 1.29 is 67.4 Å². The van der Waals surface area contributed by atoms with Crippen LogP contribution in [0.4, 0.5) is 0 Å². The molecule has 1 heterocycles. The molecule has 0 amide bonds. The SMILES string of the molecule is C=C1[C@@H](O)C[C@H](OC(C)=O)[C@@]2(COC(=O)c3ccccc3)[C@@H](OC(C)=O)[C@H](OC(C)=O)[C@@]3(O)[C@@]4(C)OC[C@]3(C)[C@@H](CC4=O)[C@@H](OC(C)=O)[C@H]12. The third-order valence-corrected chi connectivity index (χ3v) is 11.1. The molecule has 1 aliphatic heterocycles. The van der Waals surface area contributed by atoms with Gasteiger partial charge in [0.25, 0.3) is 0 Å². The number of fused-ring (bicyclic) bond motifs is 1. The molecule has 14 nitrogen and oxygen atoms in total. The van der Waals surface area contributed by atoms with Gasteiger partial charge >= 0.3 is 29.8 Å². The van der Waals surface area contributed by atoms with E-state index in [0.29, 0.717) is 0 Å². The van der Waals surface area contributed by atoms with Crippen molar-refractivity contribution in [3.63, 3.8) is 0 Å². The molecule has 1 aromatic rings. The summed E-state index contributed by atoms with van der Waals surface area (Å²) in [6.07, 6.45) is -8.88. The molecule has 1 saturated heterocycles. The smallest absolute Gasteiger partial charge is 0.338 e. The maximum absolute atomic E-state index is 14.1. The Morgan fingerprint density at radius 1 is 0.898 bits per heavy atom. The minimum atomic E-state index is -2.48. The molecule has 3 saturated carbocycles. The van der Waals surface area contributed by atoms with Crippen molar-refractivity contribution in [1.29, 1.82) is 0 Å². The zero-order valence-corrected chi connectivity index (χ0v) is 28.3. The Kier molecular flexibility index (Phi) is 9.32. The zero-order chi connectivity index (χ0) is 36.3. The van der Waals surface area contributed by atoms with E-state index in [2.05, 4.69) is 6.58 Å². The van der Waals surface area contributed by atoms with Gasteiger partial charge in [0.15, 0.2) is 23.6 Å². The van der Waals surface area contributed by atoms with E-state index in [-0.39, 0.29) is 30.6 Å². The molecule has 1 aromatic carbocycles. The average molecular weight is 687 g/mol. The fraction of sp³-hybridized carbons (Fsp3) is 0.600. The van der Waals surface area contributed by atoms with Crippen molar-refractivity contribution >= 4 is 35.6 Å². The first-order valence-electron chi connectivity index (χ1n) is 16.0. The molecule has 5 rings (SSSR count). The average Bonchev–Trinajstić information content (AvgIpc) is 3.16. The van der Waals surface area contributed by atoms with E-state index in [0.717, 1.165) is 27.7 Å². The molecule has 4 bridgehead atoms. The minimum Gasteiger partial charge on any atom is -0.462 e. The quantitative estimate of drug-likeness (QED) is 0.238. The summed E-state index contributed by atoms with van der Waals surface area (Å²) in [7, 11) is 0. The highest BCUT2D eigenvalue weighted by atomic mass is 16.6. The summed E-state index contributed by atoms with van der Waals surface area (Å²) >= 11 is 0. The second kappa shape index (κ2) is 12.6. The van der Waals surface area contributed by atoms with E-state index in [1.807, 2.05) is 0 Å². The van der Waals surface area contributed by atoms with Gasteiger partial charge in [-0.15, -0.1) is 0 Å². The maximum atomic E-state index is 14.1. The molecule has 3 aliphatic carbocycles. The predicted molar refractivity (Wildman–Crippen MR) is 165 cm³/mol. The van der Waals surface area contributed by atoms with Crippen LogP contribution in [0.3, 0.4) is 0 Å². The number of esters is 5. The molecule has 11 atom stereocenters. The number of rotatable bonds is 7. The fourth-order valence-electron chi connectivity index (χ4n) is 8.86. The van der Waals surface area contributed by atoms with Gasteiger partial charge < -0.3 is 38.6 Å². The van der Waals surface area contributed by atoms with Crippen LogP contribution in [0, 0.1) is 22.7 Å². The molecule has 2 N–H and O–H groups in total. The molecular weight excluding hydrogens is 644 g/mol. The Morgan fingerprint density at radius 2 is 1.47 bits per heavy atom. The highest BCUT2D eigenvalue weighted by Crippen LogP contribution is 2.67. The number of aliphatic hydroxyl groups excluding tert-OH is 1. The molecule has 4 fully saturated rings. The van der Waals surface area contributed by atoms with Gasteiger partial charge in [-0.2, -0.15) is 0 Å². The normalized spacial score (nSPS) is 39.4. The van der Waals surface area contributed by atoms with Gasteiger partial charge in [0.1, 0.15) is 24.4 Å².